The number of hydrogen-bond acceptors (Lipinski definition) is 4. The summed E-state index contributed by atoms with van der Waals surface area (Å²) in [6.07, 6.45) is 1.78. The van der Waals surface area contributed by atoms with Crippen LogP contribution in [-0.2, 0) is 9.59 Å². The summed E-state index contributed by atoms with van der Waals surface area (Å²) in [5.41, 5.74) is 0.819. The van der Waals surface area contributed by atoms with Gasteiger partial charge in [-0.1, -0.05) is 30.3 Å². The van der Waals surface area contributed by atoms with Crippen LogP contribution in [0.3, 0.4) is 0 Å². The number of amides is 4. The summed E-state index contributed by atoms with van der Waals surface area (Å²) in [5.74, 6) is -0.315. The highest BCUT2D eigenvalue weighted by atomic mass is 16.3. The van der Waals surface area contributed by atoms with Crippen molar-refractivity contribution in [1.82, 2.24) is 15.1 Å². The molecule has 0 aliphatic carbocycles. The maximum atomic E-state index is 12.5. The van der Waals surface area contributed by atoms with Crippen LogP contribution in [-0.4, -0.2) is 58.4 Å². The molecular weight excluding hydrogens is 322 g/mol. The van der Waals surface area contributed by atoms with Gasteiger partial charge in [0, 0.05) is 19.5 Å². The molecule has 3 rings (SSSR count). The molecule has 7 heteroatoms. The van der Waals surface area contributed by atoms with Gasteiger partial charge in [-0.2, -0.15) is 0 Å². The first-order chi connectivity index (χ1) is 12.1. The molecule has 2 aliphatic rings. The van der Waals surface area contributed by atoms with E-state index in [1.165, 1.54) is 4.90 Å². The van der Waals surface area contributed by atoms with E-state index in [-0.39, 0.29) is 24.4 Å². The Morgan fingerprint density at radius 3 is 2.72 bits per heavy atom. The molecule has 2 atom stereocenters. The summed E-state index contributed by atoms with van der Waals surface area (Å²) < 4.78 is 0. The first-order valence-corrected chi connectivity index (χ1v) is 8.67. The quantitative estimate of drug-likeness (QED) is 0.754. The maximum absolute atomic E-state index is 12.5. The van der Waals surface area contributed by atoms with Crippen LogP contribution in [0.25, 0.3) is 0 Å². The second-order valence-electron chi connectivity index (χ2n) is 6.53. The third-order valence-corrected chi connectivity index (χ3v) is 4.81. The molecule has 2 saturated heterocycles. The maximum Gasteiger partial charge on any atom is 0.324 e. The Morgan fingerprint density at radius 1 is 1.28 bits per heavy atom. The predicted octanol–water partition coefficient (Wildman–Crippen LogP) is 1.04. The summed E-state index contributed by atoms with van der Waals surface area (Å²) >= 11 is 0. The van der Waals surface area contributed by atoms with Gasteiger partial charge in [0.2, 0.25) is 11.8 Å². The lowest BCUT2D eigenvalue weighted by Gasteiger charge is -2.29. The molecule has 25 heavy (non-hydrogen) atoms. The van der Waals surface area contributed by atoms with Gasteiger partial charge in [0.15, 0.2) is 0 Å². The first kappa shape index (κ1) is 17.4. The van der Waals surface area contributed by atoms with Gasteiger partial charge in [-0.05, 0) is 24.8 Å². The molecule has 0 spiro atoms. The molecule has 7 nitrogen and oxygen atoms in total. The fourth-order valence-corrected chi connectivity index (χ4v) is 3.53. The summed E-state index contributed by atoms with van der Waals surface area (Å²) in [4.78, 5) is 38.3. The molecule has 0 aromatic heterocycles. The molecular formula is C18H23N3O4. The summed E-state index contributed by atoms with van der Waals surface area (Å²) in [6, 6.07) is 8.79. The normalized spacial score (nSPS) is 21.6. The lowest BCUT2D eigenvalue weighted by Crippen LogP contribution is -2.39. The van der Waals surface area contributed by atoms with Crippen molar-refractivity contribution < 1.29 is 19.5 Å². The van der Waals surface area contributed by atoms with Crippen LogP contribution in [0, 0.1) is 0 Å². The van der Waals surface area contributed by atoms with Crippen molar-refractivity contribution in [3.05, 3.63) is 35.9 Å². The van der Waals surface area contributed by atoms with E-state index in [1.54, 1.807) is 4.90 Å². The molecule has 134 valence electrons. The Kier molecular flexibility index (Phi) is 5.33. The molecule has 0 radical (unpaired) electrons. The zero-order chi connectivity index (χ0) is 17.8. The molecule has 1 aromatic rings. The van der Waals surface area contributed by atoms with Crippen LogP contribution < -0.4 is 5.32 Å². The van der Waals surface area contributed by atoms with E-state index in [0.717, 1.165) is 18.4 Å². The number of rotatable bonds is 6. The zero-order valence-electron chi connectivity index (χ0n) is 14.1. The molecule has 2 aliphatic heterocycles. The van der Waals surface area contributed by atoms with Crippen molar-refractivity contribution in [1.29, 1.82) is 0 Å². The number of aliphatic hydroxyl groups excluding tert-OH is 1. The standard InChI is InChI=1S/C18H23N3O4/c22-15-12-20(18(25)19-15)10-5-9-16(23)21-11-4-8-14(21)17(24)13-6-2-1-3-7-13/h1-3,6-7,14,17,24H,4-5,8-12H2,(H,19,22,25)/t14?,17-/m1/s1. The van der Waals surface area contributed by atoms with Gasteiger partial charge in [0.1, 0.15) is 6.54 Å². The highest BCUT2D eigenvalue weighted by molar-refractivity contribution is 6.01. The minimum Gasteiger partial charge on any atom is -0.386 e. The third-order valence-electron chi connectivity index (χ3n) is 4.81. The van der Waals surface area contributed by atoms with E-state index in [9.17, 15) is 19.5 Å². The average molecular weight is 345 g/mol. The zero-order valence-corrected chi connectivity index (χ0v) is 14.1. The van der Waals surface area contributed by atoms with E-state index in [1.807, 2.05) is 30.3 Å². The largest absolute Gasteiger partial charge is 0.386 e. The number of nitrogens with one attached hydrogen (secondary N) is 1. The Bertz CT molecular complexity index is 649. The van der Waals surface area contributed by atoms with Gasteiger partial charge >= 0.3 is 6.03 Å². The summed E-state index contributed by atoms with van der Waals surface area (Å²) in [6.45, 7) is 1.09. The van der Waals surface area contributed by atoms with Crippen LogP contribution in [0.1, 0.15) is 37.4 Å². The van der Waals surface area contributed by atoms with Crippen LogP contribution in [0.5, 0.6) is 0 Å². The second kappa shape index (κ2) is 7.65. The fourth-order valence-electron chi connectivity index (χ4n) is 3.53. The SMILES string of the molecule is O=C1CN(CCCC(=O)N2CCCC2[C@H](O)c2ccccc2)C(=O)N1. The topological polar surface area (TPSA) is 90.0 Å². The van der Waals surface area contributed by atoms with E-state index < -0.39 is 12.1 Å². The highest BCUT2D eigenvalue weighted by Gasteiger charge is 2.34. The molecule has 4 amide bonds. The number of carbonyl (C=O) groups excluding carboxylic acids is 3. The number of nitrogens with zero attached hydrogens (tertiary/aromatic N) is 2. The van der Waals surface area contributed by atoms with E-state index in [4.69, 9.17) is 0 Å². The van der Waals surface area contributed by atoms with Crippen LogP contribution in [0.15, 0.2) is 30.3 Å². The monoisotopic (exact) mass is 345 g/mol. The molecule has 2 N–H and O–H groups in total. The van der Waals surface area contributed by atoms with Gasteiger partial charge in [0.05, 0.1) is 12.1 Å². The molecule has 1 unspecified atom stereocenters. The number of likely N-dealkylation sites (tertiary alicyclic amines) is 1. The van der Waals surface area contributed by atoms with Gasteiger partial charge in [-0.25, -0.2) is 4.79 Å². The Balaban J connectivity index is 1.52. The predicted molar refractivity (Wildman–Crippen MR) is 90.5 cm³/mol. The van der Waals surface area contributed by atoms with Crippen molar-refractivity contribution in [2.75, 3.05) is 19.6 Å². The molecule has 2 fully saturated rings. The Morgan fingerprint density at radius 2 is 2.04 bits per heavy atom. The number of urea groups is 1. The Labute approximate surface area is 146 Å². The van der Waals surface area contributed by atoms with Gasteiger partial charge < -0.3 is 14.9 Å². The molecule has 2 heterocycles. The van der Waals surface area contributed by atoms with Gasteiger partial charge in [-0.3, -0.25) is 14.9 Å². The van der Waals surface area contributed by atoms with Crippen LogP contribution in [0.2, 0.25) is 0 Å². The minimum atomic E-state index is -0.686. The van der Waals surface area contributed by atoms with Crippen molar-refractivity contribution in [3.8, 4) is 0 Å². The Hall–Kier alpha value is -2.41. The van der Waals surface area contributed by atoms with Crippen LogP contribution >= 0.6 is 0 Å². The molecule has 1 aromatic carbocycles. The highest BCUT2D eigenvalue weighted by Crippen LogP contribution is 2.29. The van der Waals surface area contributed by atoms with Crippen LogP contribution in [0.4, 0.5) is 4.79 Å². The number of benzene rings is 1. The fraction of sp³-hybridized carbons (Fsp3) is 0.500. The third kappa shape index (κ3) is 3.99. The lowest BCUT2D eigenvalue weighted by molar-refractivity contribution is -0.134. The van der Waals surface area contributed by atoms with Crippen molar-refractivity contribution in [3.63, 3.8) is 0 Å². The summed E-state index contributed by atoms with van der Waals surface area (Å²) in [5, 5.41) is 12.8. The van der Waals surface area contributed by atoms with Crippen molar-refractivity contribution in [2.24, 2.45) is 0 Å². The number of carbonyl (C=O) groups is 3. The molecule has 0 bridgehead atoms. The number of imide groups is 1. The lowest BCUT2D eigenvalue weighted by atomic mass is 10.00. The number of aliphatic hydroxyl groups is 1. The number of hydrogen-bond donors (Lipinski definition) is 2. The van der Waals surface area contributed by atoms with Crippen molar-refractivity contribution in [2.45, 2.75) is 37.8 Å². The van der Waals surface area contributed by atoms with E-state index >= 15 is 0 Å². The van der Waals surface area contributed by atoms with Gasteiger partial charge in [0.25, 0.3) is 0 Å². The average Bonchev–Trinajstić information content (AvgIpc) is 3.21. The van der Waals surface area contributed by atoms with Gasteiger partial charge in [-0.15, -0.1) is 0 Å². The minimum absolute atomic E-state index is 0.0107. The van der Waals surface area contributed by atoms with E-state index in [0.29, 0.717) is 25.9 Å². The summed E-state index contributed by atoms with van der Waals surface area (Å²) in [7, 11) is 0. The van der Waals surface area contributed by atoms with Crippen molar-refractivity contribution >= 4 is 17.8 Å². The molecule has 0 saturated carbocycles. The first-order valence-electron chi connectivity index (χ1n) is 8.67. The smallest absolute Gasteiger partial charge is 0.324 e. The van der Waals surface area contributed by atoms with E-state index in [2.05, 4.69) is 5.32 Å². The second-order valence-corrected chi connectivity index (χ2v) is 6.53.